The van der Waals surface area contributed by atoms with Crippen LogP contribution in [-0.2, 0) is 30.5 Å². The van der Waals surface area contributed by atoms with Gasteiger partial charge in [-0.25, -0.2) is 8.78 Å². The second-order valence-electron chi connectivity index (χ2n) is 9.52. The minimum atomic E-state index is -5.29. The maximum absolute atomic E-state index is 13.9. The van der Waals surface area contributed by atoms with Crippen molar-refractivity contribution in [2.45, 2.75) is 30.5 Å². The van der Waals surface area contributed by atoms with E-state index in [1.807, 2.05) is 0 Å². The van der Waals surface area contributed by atoms with Gasteiger partial charge < -0.3 is 5.32 Å². The third-order valence-electron chi connectivity index (χ3n) is 6.59. The van der Waals surface area contributed by atoms with Gasteiger partial charge in [0.25, 0.3) is 5.91 Å². The van der Waals surface area contributed by atoms with Gasteiger partial charge in [-0.3, -0.25) is 4.79 Å². The van der Waals surface area contributed by atoms with Crippen LogP contribution < -0.4 is 5.32 Å². The summed E-state index contributed by atoms with van der Waals surface area (Å²) in [5, 5.41) is 2.32. The van der Waals surface area contributed by atoms with Crippen molar-refractivity contribution in [3.63, 3.8) is 0 Å². The van der Waals surface area contributed by atoms with Gasteiger partial charge in [-0.05, 0) is 65.2 Å². The standard InChI is InChI=1S/C30H18F11NO/c31-23-9-7-19(8-10-23)27(16-17-4-2-1-3-5-17,20-13-21(28(33,34)35)15-22(14-20)29(36,37)38)42-26(43)18-6-11-25(32)24(12-18)30(39,40)41/h1-15H,16H2,(H,42,43)/t27-/m1/s1. The number of carbonyl (C=O) groups is 1. The molecule has 0 bridgehead atoms. The molecule has 0 radical (unpaired) electrons. The fraction of sp³-hybridized carbons (Fsp3) is 0.167. The van der Waals surface area contributed by atoms with Crippen LogP contribution in [-0.4, -0.2) is 5.91 Å². The largest absolute Gasteiger partial charge is 0.419 e. The summed E-state index contributed by atoms with van der Waals surface area (Å²) in [6.07, 6.45) is -16.3. The molecule has 0 unspecified atom stereocenters. The zero-order valence-electron chi connectivity index (χ0n) is 21.4. The van der Waals surface area contributed by atoms with E-state index in [2.05, 4.69) is 5.32 Å². The molecule has 43 heavy (non-hydrogen) atoms. The molecular weight excluding hydrogens is 599 g/mol. The SMILES string of the molecule is O=C(N[C@](Cc1ccccc1)(c1ccc(F)cc1)c1cc(C(F)(F)F)cc(C(F)(F)F)c1)c1ccc(F)c(C(F)(F)F)c1. The number of amides is 1. The van der Waals surface area contributed by atoms with Gasteiger partial charge in [0.1, 0.15) is 11.6 Å². The van der Waals surface area contributed by atoms with Crippen molar-refractivity contribution >= 4 is 5.91 Å². The van der Waals surface area contributed by atoms with Crippen LogP contribution in [0.25, 0.3) is 0 Å². The van der Waals surface area contributed by atoms with Crippen molar-refractivity contribution in [3.8, 4) is 0 Å². The minimum absolute atomic E-state index is 0.126. The molecule has 1 atom stereocenters. The van der Waals surface area contributed by atoms with Crippen molar-refractivity contribution < 1.29 is 53.1 Å². The molecule has 4 aromatic carbocycles. The predicted octanol–water partition coefficient (Wildman–Crippen LogP) is 8.94. The van der Waals surface area contributed by atoms with Gasteiger partial charge in [0.15, 0.2) is 0 Å². The molecule has 13 heteroatoms. The zero-order valence-corrected chi connectivity index (χ0v) is 21.4. The Labute approximate surface area is 236 Å². The molecule has 0 aliphatic rings. The first kappa shape index (κ1) is 31.5. The average Bonchev–Trinajstić information content (AvgIpc) is 2.92. The lowest BCUT2D eigenvalue weighted by Crippen LogP contribution is -2.49. The van der Waals surface area contributed by atoms with E-state index in [1.165, 1.54) is 24.3 Å². The van der Waals surface area contributed by atoms with E-state index in [0.29, 0.717) is 24.3 Å². The van der Waals surface area contributed by atoms with Crippen molar-refractivity contribution in [2.75, 3.05) is 0 Å². The molecule has 0 aliphatic heterocycles. The van der Waals surface area contributed by atoms with Crippen LogP contribution in [0, 0.1) is 11.6 Å². The fourth-order valence-electron chi connectivity index (χ4n) is 4.55. The predicted molar refractivity (Wildman–Crippen MR) is 133 cm³/mol. The third-order valence-corrected chi connectivity index (χ3v) is 6.59. The molecule has 0 aliphatic carbocycles. The molecule has 0 heterocycles. The smallest absolute Gasteiger partial charge is 0.338 e. The number of benzene rings is 4. The number of halogens is 11. The summed E-state index contributed by atoms with van der Waals surface area (Å²) in [7, 11) is 0. The number of alkyl halides is 9. The highest BCUT2D eigenvalue weighted by atomic mass is 19.4. The Morgan fingerprint density at radius 1 is 0.581 bits per heavy atom. The molecule has 1 N–H and O–H groups in total. The van der Waals surface area contributed by atoms with Crippen LogP contribution in [0.15, 0.2) is 91.0 Å². The zero-order chi connectivity index (χ0) is 31.8. The Balaban J connectivity index is 2.04. The molecular formula is C30H18F11NO. The van der Waals surface area contributed by atoms with E-state index in [-0.39, 0.29) is 23.3 Å². The summed E-state index contributed by atoms with van der Waals surface area (Å²) >= 11 is 0. The van der Waals surface area contributed by atoms with Gasteiger partial charge in [-0.2, -0.15) is 39.5 Å². The van der Waals surface area contributed by atoms with Gasteiger partial charge in [0.05, 0.1) is 22.2 Å². The Morgan fingerprint density at radius 2 is 1.12 bits per heavy atom. The number of hydrogen-bond acceptors (Lipinski definition) is 1. The Hall–Kier alpha value is -4.42. The van der Waals surface area contributed by atoms with E-state index in [0.717, 1.165) is 24.3 Å². The van der Waals surface area contributed by atoms with Gasteiger partial charge in [0, 0.05) is 12.0 Å². The molecule has 4 rings (SSSR count). The van der Waals surface area contributed by atoms with Gasteiger partial charge in [0.2, 0.25) is 0 Å². The lowest BCUT2D eigenvalue weighted by atomic mass is 9.76. The topological polar surface area (TPSA) is 29.1 Å². The first-order chi connectivity index (χ1) is 19.9. The highest BCUT2D eigenvalue weighted by Gasteiger charge is 2.43. The van der Waals surface area contributed by atoms with Crippen molar-refractivity contribution in [3.05, 3.63) is 142 Å². The summed E-state index contributed by atoms with van der Waals surface area (Å²) in [5.41, 5.74) is -9.11. The molecule has 4 aromatic rings. The Kier molecular flexibility index (Phi) is 8.31. The van der Waals surface area contributed by atoms with E-state index >= 15 is 0 Å². The van der Waals surface area contributed by atoms with Crippen LogP contribution >= 0.6 is 0 Å². The van der Waals surface area contributed by atoms with Crippen molar-refractivity contribution in [2.24, 2.45) is 0 Å². The maximum atomic E-state index is 13.9. The lowest BCUT2D eigenvalue weighted by molar-refractivity contribution is -0.143. The van der Waals surface area contributed by atoms with E-state index in [4.69, 9.17) is 0 Å². The minimum Gasteiger partial charge on any atom is -0.338 e. The molecule has 0 saturated heterocycles. The van der Waals surface area contributed by atoms with E-state index in [1.54, 1.807) is 6.07 Å². The van der Waals surface area contributed by atoms with Gasteiger partial charge in [-0.15, -0.1) is 0 Å². The van der Waals surface area contributed by atoms with Crippen LogP contribution in [0.2, 0.25) is 0 Å². The summed E-state index contributed by atoms with van der Waals surface area (Å²) in [5.74, 6) is -3.94. The Bertz CT molecular complexity index is 1580. The van der Waals surface area contributed by atoms with Crippen LogP contribution in [0.5, 0.6) is 0 Å². The van der Waals surface area contributed by atoms with Crippen molar-refractivity contribution in [1.29, 1.82) is 0 Å². The second-order valence-corrected chi connectivity index (χ2v) is 9.52. The van der Waals surface area contributed by atoms with E-state index < -0.39 is 75.8 Å². The summed E-state index contributed by atoms with van der Waals surface area (Å²) in [6.45, 7) is 0. The lowest BCUT2D eigenvalue weighted by Gasteiger charge is -2.37. The summed E-state index contributed by atoms with van der Waals surface area (Å²) < 4.78 is 151. The molecule has 1 amide bonds. The number of hydrogen-bond donors (Lipinski definition) is 1. The molecule has 2 nitrogen and oxygen atoms in total. The first-order valence-corrected chi connectivity index (χ1v) is 12.2. The number of carbonyl (C=O) groups excluding carboxylic acids is 1. The van der Waals surface area contributed by atoms with Crippen LogP contribution in [0.3, 0.4) is 0 Å². The second kappa shape index (κ2) is 11.3. The van der Waals surface area contributed by atoms with E-state index in [9.17, 15) is 53.1 Å². The molecule has 0 saturated carbocycles. The first-order valence-electron chi connectivity index (χ1n) is 12.2. The van der Waals surface area contributed by atoms with Crippen LogP contribution in [0.4, 0.5) is 48.3 Å². The molecule has 0 fully saturated rings. The quantitative estimate of drug-likeness (QED) is 0.215. The number of nitrogens with one attached hydrogen (secondary N) is 1. The van der Waals surface area contributed by atoms with Crippen molar-refractivity contribution in [1.82, 2.24) is 5.32 Å². The highest BCUT2D eigenvalue weighted by Crippen LogP contribution is 2.42. The normalized spacial score (nSPS) is 13.8. The monoisotopic (exact) mass is 617 g/mol. The van der Waals surface area contributed by atoms with Gasteiger partial charge >= 0.3 is 18.5 Å². The molecule has 226 valence electrons. The van der Waals surface area contributed by atoms with Crippen LogP contribution in [0.1, 0.15) is 43.7 Å². The summed E-state index contributed by atoms with van der Waals surface area (Å²) in [4.78, 5) is 13.5. The van der Waals surface area contributed by atoms with Gasteiger partial charge in [-0.1, -0.05) is 42.5 Å². The maximum Gasteiger partial charge on any atom is 0.419 e. The highest BCUT2D eigenvalue weighted by molar-refractivity contribution is 5.95. The number of rotatable bonds is 6. The Morgan fingerprint density at radius 3 is 1.63 bits per heavy atom. The molecule has 0 aromatic heterocycles. The third kappa shape index (κ3) is 6.98. The summed E-state index contributed by atoms with van der Waals surface area (Å²) in [6, 6.07) is 13.0. The average molecular weight is 617 g/mol. The molecule has 0 spiro atoms. The fourth-order valence-corrected chi connectivity index (χ4v) is 4.55.